The molecule has 0 bridgehead atoms. The molecule has 0 aliphatic rings. The molecule has 6 nitrogen and oxygen atoms in total. The highest BCUT2D eigenvalue weighted by Crippen LogP contribution is 2.39. The molecule has 0 saturated heterocycles. The van der Waals surface area contributed by atoms with Crippen molar-refractivity contribution in [3.05, 3.63) is 42.0 Å². The second-order valence-corrected chi connectivity index (χ2v) is 7.40. The van der Waals surface area contributed by atoms with Gasteiger partial charge in [0.2, 0.25) is 0 Å². The van der Waals surface area contributed by atoms with Crippen LogP contribution < -0.4 is 19.9 Å². The normalized spacial score (nSPS) is 12.1. The predicted octanol–water partition coefficient (Wildman–Crippen LogP) is 4.39. The van der Waals surface area contributed by atoms with Crippen molar-refractivity contribution < 1.29 is 24.1 Å². The molecule has 0 aliphatic carbocycles. The molecule has 0 heterocycles. The van der Waals surface area contributed by atoms with E-state index in [1.54, 1.807) is 21.3 Å². The molecule has 0 aromatic heterocycles. The van der Waals surface area contributed by atoms with Crippen molar-refractivity contribution in [2.75, 3.05) is 27.9 Å². The molecule has 0 radical (unpaired) electrons. The summed E-state index contributed by atoms with van der Waals surface area (Å²) < 4.78 is 16.4. The molecule has 1 unspecified atom stereocenters. The van der Waals surface area contributed by atoms with Crippen molar-refractivity contribution in [3.63, 3.8) is 0 Å². The molecular weight excluding hydrogens is 382 g/mol. The van der Waals surface area contributed by atoms with Crippen LogP contribution in [-0.4, -0.2) is 38.9 Å². The number of nitrogens with two attached hydrogens (primary N) is 1. The summed E-state index contributed by atoms with van der Waals surface area (Å²) in [5.74, 6) is 0.789. The van der Waals surface area contributed by atoms with E-state index in [2.05, 4.69) is 6.07 Å². The zero-order valence-electron chi connectivity index (χ0n) is 17.7. The summed E-state index contributed by atoms with van der Waals surface area (Å²) in [4.78, 5) is 11.9. The minimum atomic E-state index is -0.777. The summed E-state index contributed by atoms with van der Waals surface area (Å²) in [7, 11) is 4.85. The molecule has 3 aromatic rings. The number of unbranched alkanes of at least 4 members (excludes halogenated alkanes) is 1. The van der Waals surface area contributed by atoms with E-state index in [0.29, 0.717) is 30.9 Å². The number of rotatable bonds is 10. The number of carbonyl (C=O) groups is 1. The van der Waals surface area contributed by atoms with Gasteiger partial charge in [0.05, 0.1) is 27.2 Å². The lowest BCUT2D eigenvalue weighted by Crippen LogP contribution is -2.17. The van der Waals surface area contributed by atoms with Gasteiger partial charge in [0.25, 0.3) is 0 Å². The fourth-order valence-electron chi connectivity index (χ4n) is 3.95. The number of aliphatic carboxylic acids is 1. The van der Waals surface area contributed by atoms with Crippen LogP contribution in [0, 0.1) is 5.92 Å². The first kappa shape index (κ1) is 21.7. The van der Waals surface area contributed by atoms with Crippen molar-refractivity contribution in [1.82, 2.24) is 0 Å². The molecule has 30 heavy (non-hydrogen) atoms. The first-order valence-corrected chi connectivity index (χ1v) is 10.1. The summed E-state index contributed by atoms with van der Waals surface area (Å²) in [6.45, 7) is 0.576. The second kappa shape index (κ2) is 9.67. The third kappa shape index (κ3) is 4.44. The largest absolute Gasteiger partial charge is 0.497 e. The molecular formula is C24H29NO5. The molecule has 0 spiro atoms. The Morgan fingerprint density at radius 2 is 1.67 bits per heavy atom. The molecule has 160 valence electrons. The highest BCUT2D eigenvalue weighted by Gasteiger charge is 2.20. The molecule has 6 heteroatoms. The maximum atomic E-state index is 11.9. The third-order valence-electron chi connectivity index (χ3n) is 5.57. The number of ether oxygens (including phenoxy) is 3. The summed E-state index contributed by atoms with van der Waals surface area (Å²) in [6, 6.07) is 11.8. The van der Waals surface area contributed by atoms with E-state index >= 15 is 0 Å². The van der Waals surface area contributed by atoms with E-state index in [-0.39, 0.29) is 0 Å². The van der Waals surface area contributed by atoms with Gasteiger partial charge in [-0.3, -0.25) is 4.79 Å². The summed E-state index contributed by atoms with van der Waals surface area (Å²) in [6.07, 6.45) is 2.69. The van der Waals surface area contributed by atoms with Crippen LogP contribution in [0.2, 0.25) is 0 Å². The number of hydrogen-bond donors (Lipinski definition) is 2. The Labute approximate surface area is 176 Å². The Morgan fingerprint density at radius 3 is 2.30 bits per heavy atom. The lowest BCUT2D eigenvalue weighted by molar-refractivity contribution is -0.141. The smallest absolute Gasteiger partial charge is 0.306 e. The van der Waals surface area contributed by atoms with Crippen molar-refractivity contribution in [2.45, 2.75) is 25.7 Å². The van der Waals surface area contributed by atoms with E-state index in [0.717, 1.165) is 45.7 Å². The summed E-state index contributed by atoms with van der Waals surface area (Å²) >= 11 is 0. The van der Waals surface area contributed by atoms with E-state index in [4.69, 9.17) is 19.9 Å². The summed E-state index contributed by atoms with van der Waals surface area (Å²) in [5, 5.41) is 13.7. The average molecular weight is 411 g/mol. The zero-order chi connectivity index (χ0) is 21.7. The van der Waals surface area contributed by atoms with Gasteiger partial charge < -0.3 is 25.1 Å². The fraction of sp³-hybridized carbons (Fsp3) is 0.375. The first-order valence-electron chi connectivity index (χ1n) is 10.1. The van der Waals surface area contributed by atoms with Crippen LogP contribution in [0.15, 0.2) is 36.4 Å². The van der Waals surface area contributed by atoms with Gasteiger partial charge in [-0.15, -0.1) is 0 Å². The SMILES string of the molecule is COc1ccc2c(CC(CCCCN)C(=O)O)cc3cc(OC)c(OC)cc3c2c1. The van der Waals surface area contributed by atoms with Gasteiger partial charge in [-0.05, 0) is 77.2 Å². The van der Waals surface area contributed by atoms with Crippen LogP contribution in [0.5, 0.6) is 17.2 Å². The molecule has 0 aliphatic heterocycles. The van der Waals surface area contributed by atoms with Gasteiger partial charge in [0, 0.05) is 0 Å². The van der Waals surface area contributed by atoms with Crippen molar-refractivity contribution in [3.8, 4) is 17.2 Å². The molecule has 3 rings (SSSR count). The topological polar surface area (TPSA) is 91.0 Å². The molecule has 0 fully saturated rings. The minimum Gasteiger partial charge on any atom is -0.497 e. The van der Waals surface area contributed by atoms with Crippen LogP contribution in [-0.2, 0) is 11.2 Å². The Kier molecular flexibility index (Phi) is 7.00. The van der Waals surface area contributed by atoms with Gasteiger partial charge >= 0.3 is 5.97 Å². The van der Waals surface area contributed by atoms with Crippen molar-refractivity contribution >= 4 is 27.5 Å². The number of hydrogen-bond acceptors (Lipinski definition) is 5. The Morgan fingerprint density at radius 1 is 0.933 bits per heavy atom. The van der Waals surface area contributed by atoms with E-state index < -0.39 is 11.9 Å². The van der Waals surface area contributed by atoms with Crippen LogP contribution in [0.4, 0.5) is 0 Å². The van der Waals surface area contributed by atoms with Gasteiger partial charge in [-0.2, -0.15) is 0 Å². The molecule has 3 aromatic carbocycles. The van der Waals surface area contributed by atoms with Crippen LogP contribution >= 0.6 is 0 Å². The number of carboxylic acids is 1. The van der Waals surface area contributed by atoms with Gasteiger partial charge in [-0.1, -0.05) is 18.6 Å². The average Bonchev–Trinajstić information content (AvgIpc) is 2.76. The standard InChI is InChI=1S/C24H29NO5/c1-28-18-7-8-19-16(10-15(24(26)27)6-4-5-9-25)11-17-12-22(29-2)23(30-3)14-20(17)21(19)13-18/h7-8,11-15H,4-6,9-10,25H2,1-3H3,(H,26,27). The van der Waals surface area contributed by atoms with Crippen LogP contribution in [0.1, 0.15) is 24.8 Å². The molecule has 0 amide bonds. The highest BCUT2D eigenvalue weighted by atomic mass is 16.5. The number of fused-ring (bicyclic) bond motifs is 3. The Bertz CT molecular complexity index is 1050. The van der Waals surface area contributed by atoms with Gasteiger partial charge in [0.15, 0.2) is 11.5 Å². The lowest BCUT2D eigenvalue weighted by Gasteiger charge is -2.17. The number of benzene rings is 3. The maximum absolute atomic E-state index is 11.9. The Balaban J connectivity index is 2.18. The molecule has 3 N–H and O–H groups in total. The Hall–Kier alpha value is -2.99. The zero-order valence-corrected chi connectivity index (χ0v) is 17.7. The number of carboxylic acid groups (broad SMARTS) is 1. The van der Waals surface area contributed by atoms with Crippen molar-refractivity contribution in [2.24, 2.45) is 11.7 Å². The van der Waals surface area contributed by atoms with Gasteiger partial charge in [-0.25, -0.2) is 0 Å². The van der Waals surface area contributed by atoms with E-state index in [9.17, 15) is 9.90 Å². The predicted molar refractivity (Wildman–Crippen MR) is 119 cm³/mol. The summed E-state index contributed by atoms with van der Waals surface area (Å²) in [5.41, 5.74) is 6.57. The maximum Gasteiger partial charge on any atom is 0.306 e. The van der Waals surface area contributed by atoms with Gasteiger partial charge in [0.1, 0.15) is 5.75 Å². The number of methoxy groups -OCH3 is 3. The van der Waals surface area contributed by atoms with Crippen LogP contribution in [0.25, 0.3) is 21.5 Å². The lowest BCUT2D eigenvalue weighted by atomic mass is 9.89. The van der Waals surface area contributed by atoms with Crippen molar-refractivity contribution in [1.29, 1.82) is 0 Å². The monoisotopic (exact) mass is 411 g/mol. The molecule has 1 atom stereocenters. The molecule has 0 saturated carbocycles. The van der Waals surface area contributed by atoms with Crippen LogP contribution in [0.3, 0.4) is 0 Å². The fourth-order valence-corrected chi connectivity index (χ4v) is 3.95. The first-order chi connectivity index (χ1) is 14.5. The highest BCUT2D eigenvalue weighted by molar-refractivity contribution is 6.10. The second-order valence-electron chi connectivity index (χ2n) is 7.40. The minimum absolute atomic E-state index is 0.451. The third-order valence-corrected chi connectivity index (χ3v) is 5.57. The van der Waals surface area contributed by atoms with E-state index in [1.807, 2.05) is 30.3 Å². The van der Waals surface area contributed by atoms with E-state index in [1.165, 1.54) is 0 Å². The quantitative estimate of drug-likeness (QED) is 0.380.